The number of hydrogen-bond acceptors (Lipinski definition) is 2. The maximum absolute atomic E-state index is 13.7. The van der Waals surface area contributed by atoms with E-state index in [1.165, 1.54) is 6.07 Å². The number of nitrogens with zero attached hydrogens (tertiary/aromatic N) is 2. The number of imidazole rings is 1. The third kappa shape index (κ3) is 2.17. The molecule has 3 aromatic rings. The van der Waals surface area contributed by atoms with Gasteiger partial charge in [0.15, 0.2) is 0 Å². The average molecular weight is 256 g/mol. The van der Waals surface area contributed by atoms with Gasteiger partial charge in [-0.2, -0.15) is 0 Å². The van der Waals surface area contributed by atoms with Gasteiger partial charge in [-0.25, -0.2) is 9.37 Å². The minimum Gasteiger partial charge on any atom is -0.495 e. The molecule has 3 rings (SSSR count). The summed E-state index contributed by atoms with van der Waals surface area (Å²) >= 11 is 0. The number of aromatic nitrogens is 2. The average Bonchev–Trinajstić information content (AvgIpc) is 2.84. The molecule has 3 nitrogen and oxygen atoms in total. The highest BCUT2D eigenvalue weighted by Crippen LogP contribution is 2.17. The molecule has 2 heterocycles. The highest BCUT2D eigenvalue weighted by molar-refractivity contribution is 5.48. The normalized spacial score (nSPS) is 10.8. The molecular weight excluding hydrogens is 243 g/mol. The van der Waals surface area contributed by atoms with Crippen LogP contribution in [0.3, 0.4) is 0 Å². The van der Waals surface area contributed by atoms with Gasteiger partial charge >= 0.3 is 0 Å². The van der Waals surface area contributed by atoms with Gasteiger partial charge in [0.1, 0.15) is 17.4 Å². The molecule has 0 aliphatic carbocycles. The summed E-state index contributed by atoms with van der Waals surface area (Å²) in [7, 11) is 1.62. The van der Waals surface area contributed by atoms with Crippen LogP contribution < -0.4 is 4.74 Å². The number of benzene rings is 1. The van der Waals surface area contributed by atoms with E-state index >= 15 is 0 Å². The standard InChI is InChI=1S/C15H13FN2O/c1-19-13-7-6-12-9-17-15(18(12)10-13)8-11-4-2-3-5-14(11)16/h2-7,9-10H,8H2,1H3. The lowest BCUT2D eigenvalue weighted by atomic mass is 10.1. The van der Waals surface area contributed by atoms with Gasteiger partial charge in [0, 0.05) is 6.42 Å². The van der Waals surface area contributed by atoms with Crippen LogP contribution in [0.2, 0.25) is 0 Å². The molecule has 0 saturated carbocycles. The van der Waals surface area contributed by atoms with Gasteiger partial charge in [0.05, 0.1) is 25.0 Å². The van der Waals surface area contributed by atoms with Crippen LogP contribution in [-0.4, -0.2) is 16.5 Å². The molecule has 0 radical (unpaired) electrons. The Morgan fingerprint density at radius 1 is 1.21 bits per heavy atom. The van der Waals surface area contributed by atoms with Crippen LogP contribution in [0.5, 0.6) is 5.75 Å². The molecule has 0 fully saturated rings. The summed E-state index contributed by atoms with van der Waals surface area (Å²) in [6.45, 7) is 0. The Morgan fingerprint density at radius 3 is 2.84 bits per heavy atom. The van der Waals surface area contributed by atoms with E-state index in [9.17, 15) is 4.39 Å². The van der Waals surface area contributed by atoms with Crippen LogP contribution in [0.1, 0.15) is 11.4 Å². The number of rotatable bonds is 3. The predicted molar refractivity (Wildman–Crippen MR) is 71.0 cm³/mol. The Kier molecular flexibility index (Phi) is 2.91. The van der Waals surface area contributed by atoms with Crippen LogP contribution in [0.4, 0.5) is 4.39 Å². The van der Waals surface area contributed by atoms with Gasteiger partial charge < -0.3 is 4.74 Å². The first-order chi connectivity index (χ1) is 9.28. The third-order valence-corrected chi connectivity index (χ3v) is 3.12. The van der Waals surface area contributed by atoms with E-state index in [2.05, 4.69) is 4.98 Å². The lowest BCUT2D eigenvalue weighted by Crippen LogP contribution is -1.99. The summed E-state index contributed by atoms with van der Waals surface area (Å²) in [5.41, 5.74) is 1.60. The summed E-state index contributed by atoms with van der Waals surface area (Å²) in [5.74, 6) is 1.33. The van der Waals surface area contributed by atoms with Crippen molar-refractivity contribution in [3.63, 3.8) is 0 Å². The lowest BCUT2D eigenvalue weighted by Gasteiger charge is -2.05. The van der Waals surface area contributed by atoms with Crippen molar-refractivity contribution >= 4 is 5.52 Å². The number of pyridine rings is 1. The maximum atomic E-state index is 13.7. The van der Waals surface area contributed by atoms with E-state index in [1.54, 1.807) is 25.4 Å². The van der Waals surface area contributed by atoms with Gasteiger partial charge in [-0.15, -0.1) is 0 Å². The molecule has 0 amide bonds. The van der Waals surface area contributed by atoms with E-state index in [1.807, 2.05) is 28.8 Å². The Balaban J connectivity index is 2.03. The number of halogens is 1. The molecule has 0 spiro atoms. The summed E-state index contributed by atoms with van der Waals surface area (Å²) in [6, 6.07) is 10.6. The monoisotopic (exact) mass is 256 g/mol. The van der Waals surface area contributed by atoms with Gasteiger partial charge in [-0.1, -0.05) is 18.2 Å². The summed E-state index contributed by atoms with van der Waals surface area (Å²) in [4.78, 5) is 4.35. The van der Waals surface area contributed by atoms with E-state index < -0.39 is 0 Å². The van der Waals surface area contributed by atoms with Crippen molar-refractivity contribution in [2.45, 2.75) is 6.42 Å². The second-order valence-electron chi connectivity index (χ2n) is 4.31. The molecule has 2 aromatic heterocycles. The van der Waals surface area contributed by atoms with Gasteiger partial charge in [0.2, 0.25) is 0 Å². The zero-order valence-corrected chi connectivity index (χ0v) is 10.5. The molecular formula is C15H13FN2O. The Hall–Kier alpha value is -2.36. The number of fused-ring (bicyclic) bond motifs is 1. The van der Waals surface area contributed by atoms with Gasteiger partial charge in [-0.3, -0.25) is 4.40 Å². The topological polar surface area (TPSA) is 26.5 Å². The highest BCUT2D eigenvalue weighted by Gasteiger charge is 2.08. The first kappa shape index (κ1) is 11.7. The molecule has 0 N–H and O–H groups in total. The SMILES string of the molecule is COc1ccc2cnc(Cc3ccccc3F)n2c1. The Labute approximate surface area is 110 Å². The zero-order chi connectivity index (χ0) is 13.2. The van der Waals surface area contributed by atoms with Crippen LogP contribution in [-0.2, 0) is 6.42 Å². The van der Waals surface area contributed by atoms with Crippen molar-refractivity contribution in [1.29, 1.82) is 0 Å². The van der Waals surface area contributed by atoms with Gasteiger partial charge in [-0.05, 0) is 23.8 Å². The highest BCUT2D eigenvalue weighted by atomic mass is 19.1. The Bertz CT molecular complexity index is 721. The maximum Gasteiger partial charge on any atom is 0.135 e. The summed E-state index contributed by atoms with van der Waals surface area (Å²) in [6.07, 6.45) is 4.09. The molecule has 1 aromatic carbocycles. The molecule has 0 saturated heterocycles. The second-order valence-corrected chi connectivity index (χ2v) is 4.31. The Morgan fingerprint density at radius 2 is 2.05 bits per heavy atom. The molecule has 19 heavy (non-hydrogen) atoms. The van der Waals surface area contributed by atoms with Gasteiger partial charge in [0.25, 0.3) is 0 Å². The molecule has 0 unspecified atom stereocenters. The molecule has 0 aliphatic heterocycles. The number of methoxy groups -OCH3 is 1. The number of ether oxygens (including phenoxy) is 1. The van der Waals surface area contributed by atoms with Crippen LogP contribution >= 0.6 is 0 Å². The van der Waals surface area contributed by atoms with E-state index in [0.29, 0.717) is 12.0 Å². The summed E-state index contributed by atoms with van der Waals surface area (Å²) < 4.78 is 20.8. The fraction of sp³-hybridized carbons (Fsp3) is 0.133. The van der Waals surface area contributed by atoms with Crippen molar-refractivity contribution in [1.82, 2.24) is 9.38 Å². The first-order valence-electron chi connectivity index (χ1n) is 6.01. The molecule has 4 heteroatoms. The van der Waals surface area contributed by atoms with E-state index in [4.69, 9.17) is 4.74 Å². The van der Waals surface area contributed by atoms with E-state index in [-0.39, 0.29) is 5.82 Å². The van der Waals surface area contributed by atoms with Crippen molar-refractivity contribution in [2.24, 2.45) is 0 Å². The smallest absolute Gasteiger partial charge is 0.135 e. The summed E-state index contributed by atoms with van der Waals surface area (Å²) in [5, 5.41) is 0. The quantitative estimate of drug-likeness (QED) is 0.720. The van der Waals surface area contributed by atoms with Crippen LogP contribution in [0.25, 0.3) is 5.52 Å². The van der Waals surface area contributed by atoms with E-state index in [0.717, 1.165) is 17.1 Å². The lowest BCUT2D eigenvalue weighted by molar-refractivity contribution is 0.412. The van der Waals surface area contributed by atoms with Crippen LogP contribution in [0, 0.1) is 5.82 Å². The second kappa shape index (κ2) is 4.72. The fourth-order valence-electron chi connectivity index (χ4n) is 2.09. The molecule has 0 aliphatic rings. The van der Waals surface area contributed by atoms with Crippen molar-refractivity contribution in [2.75, 3.05) is 7.11 Å². The third-order valence-electron chi connectivity index (χ3n) is 3.12. The minimum atomic E-state index is -0.206. The minimum absolute atomic E-state index is 0.206. The fourth-order valence-corrected chi connectivity index (χ4v) is 2.09. The molecule has 96 valence electrons. The van der Waals surface area contributed by atoms with Crippen molar-refractivity contribution < 1.29 is 9.13 Å². The van der Waals surface area contributed by atoms with Crippen molar-refractivity contribution in [3.05, 3.63) is 66.0 Å². The largest absolute Gasteiger partial charge is 0.495 e. The molecule has 0 atom stereocenters. The first-order valence-corrected chi connectivity index (χ1v) is 6.01. The molecule has 0 bridgehead atoms. The zero-order valence-electron chi connectivity index (χ0n) is 10.5. The number of hydrogen-bond donors (Lipinski definition) is 0. The van der Waals surface area contributed by atoms with Crippen molar-refractivity contribution in [3.8, 4) is 5.75 Å². The van der Waals surface area contributed by atoms with Crippen LogP contribution in [0.15, 0.2) is 48.8 Å². The predicted octanol–water partition coefficient (Wildman–Crippen LogP) is 3.07.